The first-order chi connectivity index (χ1) is 6.36. The first kappa shape index (κ1) is 9.51. The summed E-state index contributed by atoms with van der Waals surface area (Å²) >= 11 is 0. The lowest BCUT2D eigenvalue weighted by molar-refractivity contribution is 0.357. The second-order valence-corrected chi connectivity index (χ2v) is 5.09. The summed E-state index contributed by atoms with van der Waals surface area (Å²) in [6.45, 7) is 0. The minimum Gasteiger partial charge on any atom is -0.327 e. The molecule has 0 spiro atoms. The predicted molar refractivity (Wildman–Crippen MR) is 56.5 cm³/mol. The lowest BCUT2D eigenvalue weighted by Gasteiger charge is -2.20. The van der Waals surface area contributed by atoms with E-state index in [2.05, 4.69) is 0 Å². The van der Waals surface area contributed by atoms with E-state index in [1.165, 1.54) is 57.8 Å². The number of nitrogens with two attached hydrogens (primary N) is 1. The van der Waals surface area contributed by atoms with E-state index in [0.29, 0.717) is 6.04 Å². The molecule has 2 fully saturated rings. The number of hydrogen-bond acceptors (Lipinski definition) is 1. The van der Waals surface area contributed by atoms with E-state index in [-0.39, 0.29) is 0 Å². The molecule has 0 amide bonds. The van der Waals surface area contributed by atoms with Gasteiger partial charge in [0.1, 0.15) is 0 Å². The van der Waals surface area contributed by atoms with Crippen molar-refractivity contribution in [3.63, 3.8) is 0 Å². The molecule has 0 aromatic carbocycles. The Hall–Kier alpha value is -0.0400. The molecule has 0 aromatic rings. The average Bonchev–Trinajstić information content (AvgIpc) is 2.58. The smallest absolute Gasteiger partial charge is 0.00672 e. The van der Waals surface area contributed by atoms with Crippen LogP contribution in [0.2, 0.25) is 0 Å². The summed E-state index contributed by atoms with van der Waals surface area (Å²) in [5.41, 5.74) is 6.21. The molecular weight excluding hydrogens is 158 g/mol. The Morgan fingerprint density at radius 1 is 0.769 bits per heavy atom. The van der Waals surface area contributed by atoms with Crippen molar-refractivity contribution < 1.29 is 0 Å². The second-order valence-electron chi connectivity index (χ2n) is 5.09. The van der Waals surface area contributed by atoms with Crippen LogP contribution >= 0.6 is 0 Å². The zero-order valence-electron chi connectivity index (χ0n) is 8.67. The van der Waals surface area contributed by atoms with Gasteiger partial charge in [0, 0.05) is 6.04 Å². The van der Waals surface area contributed by atoms with Crippen molar-refractivity contribution >= 4 is 0 Å². The van der Waals surface area contributed by atoms with E-state index >= 15 is 0 Å². The van der Waals surface area contributed by atoms with E-state index in [1.54, 1.807) is 0 Å². The Morgan fingerprint density at radius 3 is 2.38 bits per heavy atom. The average molecular weight is 181 g/mol. The Morgan fingerprint density at radius 2 is 1.54 bits per heavy atom. The molecule has 0 saturated heterocycles. The normalized spacial score (nSPS) is 41.8. The Labute approximate surface area is 82.1 Å². The van der Waals surface area contributed by atoms with Gasteiger partial charge in [-0.25, -0.2) is 0 Å². The predicted octanol–water partition coefficient (Wildman–Crippen LogP) is 3.08. The maximum absolute atomic E-state index is 6.21. The quantitative estimate of drug-likeness (QED) is 0.610. The Balaban J connectivity index is 1.90. The standard InChI is InChI=1S/C12H23N/c13-12-6-4-2-1-3-5-10-7-8-11(12)9-10/h10-12H,1-9,13H2/t10-,11+,12?/m0/s1. The molecule has 3 atom stereocenters. The van der Waals surface area contributed by atoms with Crippen molar-refractivity contribution in [3.05, 3.63) is 0 Å². The third kappa shape index (κ3) is 2.46. The fourth-order valence-corrected chi connectivity index (χ4v) is 3.17. The van der Waals surface area contributed by atoms with Crippen LogP contribution in [0.3, 0.4) is 0 Å². The van der Waals surface area contributed by atoms with Gasteiger partial charge in [0.25, 0.3) is 0 Å². The Bertz CT molecular complexity index is 155. The number of fused-ring (bicyclic) bond motifs is 2. The summed E-state index contributed by atoms with van der Waals surface area (Å²) < 4.78 is 0. The highest BCUT2D eigenvalue weighted by atomic mass is 14.7. The third-order valence-corrected chi connectivity index (χ3v) is 4.09. The van der Waals surface area contributed by atoms with Gasteiger partial charge >= 0.3 is 0 Å². The molecule has 2 aliphatic carbocycles. The van der Waals surface area contributed by atoms with Crippen LogP contribution in [-0.4, -0.2) is 6.04 Å². The van der Waals surface area contributed by atoms with Gasteiger partial charge < -0.3 is 5.73 Å². The minimum absolute atomic E-state index is 0.531. The molecular formula is C12H23N. The monoisotopic (exact) mass is 181 g/mol. The van der Waals surface area contributed by atoms with Crippen molar-refractivity contribution in [2.24, 2.45) is 17.6 Å². The first-order valence-electron chi connectivity index (χ1n) is 6.12. The molecule has 1 unspecified atom stereocenters. The lowest BCUT2D eigenvalue weighted by Crippen LogP contribution is -2.28. The van der Waals surface area contributed by atoms with E-state index < -0.39 is 0 Å². The van der Waals surface area contributed by atoms with Gasteiger partial charge in [-0.1, -0.05) is 38.5 Å². The molecule has 0 radical (unpaired) electrons. The van der Waals surface area contributed by atoms with Crippen molar-refractivity contribution in [1.29, 1.82) is 0 Å². The highest BCUT2D eigenvalue weighted by Crippen LogP contribution is 2.37. The van der Waals surface area contributed by atoms with Crippen molar-refractivity contribution in [2.45, 2.75) is 63.8 Å². The zero-order valence-corrected chi connectivity index (χ0v) is 8.67. The molecule has 0 heterocycles. The van der Waals surface area contributed by atoms with Crippen LogP contribution in [0.4, 0.5) is 0 Å². The second kappa shape index (κ2) is 4.45. The molecule has 2 N–H and O–H groups in total. The van der Waals surface area contributed by atoms with E-state index in [9.17, 15) is 0 Å². The van der Waals surface area contributed by atoms with Gasteiger partial charge in [0.2, 0.25) is 0 Å². The molecule has 2 saturated carbocycles. The fourth-order valence-electron chi connectivity index (χ4n) is 3.17. The Kier molecular flexibility index (Phi) is 3.26. The number of hydrogen-bond donors (Lipinski definition) is 1. The third-order valence-electron chi connectivity index (χ3n) is 4.09. The molecule has 0 aromatic heterocycles. The van der Waals surface area contributed by atoms with E-state index in [4.69, 9.17) is 5.73 Å². The van der Waals surface area contributed by atoms with Crippen LogP contribution in [0.5, 0.6) is 0 Å². The van der Waals surface area contributed by atoms with E-state index in [1.807, 2.05) is 0 Å². The molecule has 2 bridgehead atoms. The van der Waals surface area contributed by atoms with Gasteiger partial charge in [-0.3, -0.25) is 0 Å². The summed E-state index contributed by atoms with van der Waals surface area (Å²) in [6, 6.07) is 0.531. The van der Waals surface area contributed by atoms with Gasteiger partial charge in [0.05, 0.1) is 0 Å². The number of rotatable bonds is 0. The molecule has 2 aliphatic rings. The van der Waals surface area contributed by atoms with Crippen LogP contribution in [0.15, 0.2) is 0 Å². The molecule has 1 heteroatoms. The van der Waals surface area contributed by atoms with Gasteiger partial charge in [-0.05, 0) is 31.1 Å². The van der Waals surface area contributed by atoms with Gasteiger partial charge in [0.15, 0.2) is 0 Å². The summed E-state index contributed by atoms with van der Waals surface area (Å²) in [5, 5.41) is 0. The van der Waals surface area contributed by atoms with Crippen LogP contribution in [0.25, 0.3) is 0 Å². The SMILES string of the molecule is NC1CCCCCC[C@H]2CC[C@@H]1C2. The van der Waals surface area contributed by atoms with Gasteiger partial charge in [-0.15, -0.1) is 0 Å². The maximum Gasteiger partial charge on any atom is 0.00672 e. The lowest BCUT2D eigenvalue weighted by atomic mass is 9.90. The fraction of sp³-hybridized carbons (Fsp3) is 1.00. The minimum atomic E-state index is 0.531. The molecule has 0 aliphatic heterocycles. The van der Waals surface area contributed by atoms with Crippen LogP contribution in [0.1, 0.15) is 57.8 Å². The molecule has 1 nitrogen and oxygen atoms in total. The zero-order chi connectivity index (χ0) is 9.10. The summed E-state index contributed by atoms with van der Waals surface area (Å²) in [4.78, 5) is 0. The van der Waals surface area contributed by atoms with Gasteiger partial charge in [-0.2, -0.15) is 0 Å². The first-order valence-corrected chi connectivity index (χ1v) is 6.12. The highest BCUT2D eigenvalue weighted by Gasteiger charge is 2.28. The molecule has 13 heavy (non-hydrogen) atoms. The topological polar surface area (TPSA) is 26.0 Å². The largest absolute Gasteiger partial charge is 0.327 e. The van der Waals surface area contributed by atoms with Crippen LogP contribution in [0, 0.1) is 11.8 Å². The highest BCUT2D eigenvalue weighted by molar-refractivity contribution is 4.83. The van der Waals surface area contributed by atoms with Crippen molar-refractivity contribution in [3.8, 4) is 0 Å². The van der Waals surface area contributed by atoms with Crippen LogP contribution in [-0.2, 0) is 0 Å². The molecule has 2 rings (SSSR count). The maximum atomic E-state index is 6.21. The molecule has 76 valence electrons. The summed E-state index contributed by atoms with van der Waals surface area (Å²) in [6.07, 6.45) is 12.8. The van der Waals surface area contributed by atoms with E-state index in [0.717, 1.165) is 11.8 Å². The summed E-state index contributed by atoms with van der Waals surface area (Å²) in [5.74, 6) is 1.91. The van der Waals surface area contributed by atoms with Crippen molar-refractivity contribution in [1.82, 2.24) is 0 Å². The summed E-state index contributed by atoms with van der Waals surface area (Å²) in [7, 11) is 0. The van der Waals surface area contributed by atoms with Crippen molar-refractivity contribution in [2.75, 3.05) is 0 Å². The van der Waals surface area contributed by atoms with Crippen LogP contribution < -0.4 is 5.73 Å².